The molecule has 0 saturated heterocycles. The molecule has 1 aliphatic rings. The van der Waals surface area contributed by atoms with Gasteiger partial charge < -0.3 is 4.84 Å². The van der Waals surface area contributed by atoms with E-state index in [4.69, 9.17) is 4.84 Å². The van der Waals surface area contributed by atoms with Gasteiger partial charge in [-0.2, -0.15) is 0 Å². The van der Waals surface area contributed by atoms with Crippen molar-refractivity contribution in [2.24, 2.45) is 5.92 Å². The van der Waals surface area contributed by atoms with Crippen LogP contribution in [0.15, 0.2) is 0 Å². The third-order valence-corrected chi connectivity index (χ3v) is 2.44. The van der Waals surface area contributed by atoms with Gasteiger partial charge in [0.05, 0.1) is 6.61 Å². The van der Waals surface area contributed by atoms with E-state index in [1.165, 1.54) is 38.5 Å². The standard InChI is InChI=1S/C9H19NO/c1-10-11-8-9-6-4-2-3-5-7-9/h9-10H,2-8H2,1H3. The molecule has 1 rings (SSSR count). The first-order chi connectivity index (χ1) is 5.43. The summed E-state index contributed by atoms with van der Waals surface area (Å²) in [5, 5.41) is 0. The SMILES string of the molecule is CNOCC1CCCCCC1. The molecule has 66 valence electrons. The maximum Gasteiger partial charge on any atom is 0.0710 e. The van der Waals surface area contributed by atoms with E-state index in [9.17, 15) is 0 Å². The van der Waals surface area contributed by atoms with Gasteiger partial charge in [0.25, 0.3) is 0 Å². The topological polar surface area (TPSA) is 21.3 Å². The summed E-state index contributed by atoms with van der Waals surface area (Å²) in [7, 11) is 1.83. The van der Waals surface area contributed by atoms with Crippen molar-refractivity contribution in [3.05, 3.63) is 0 Å². The van der Waals surface area contributed by atoms with Gasteiger partial charge in [-0.1, -0.05) is 25.7 Å². The van der Waals surface area contributed by atoms with Gasteiger partial charge >= 0.3 is 0 Å². The highest BCUT2D eigenvalue weighted by Crippen LogP contribution is 2.22. The minimum absolute atomic E-state index is 0.810. The van der Waals surface area contributed by atoms with Crippen LogP contribution in [0.1, 0.15) is 38.5 Å². The minimum Gasteiger partial charge on any atom is -0.302 e. The molecule has 2 nitrogen and oxygen atoms in total. The van der Waals surface area contributed by atoms with Crippen molar-refractivity contribution in [3.8, 4) is 0 Å². The van der Waals surface area contributed by atoms with Gasteiger partial charge in [0.2, 0.25) is 0 Å². The van der Waals surface area contributed by atoms with Gasteiger partial charge in [0, 0.05) is 7.05 Å². The quantitative estimate of drug-likeness (QED) is 0.500. The van der Waals surface area contributed by atoms with E-state index in [0.29, 0.717) is 0 Å². The summed E-state index contributed by atoms with van der Waals surface area (Å²) in [6, 6.07) is 0. The number of rotatable bonds is 3. The van der Waals surface area contributed by atoms with E-state index in [1.54, 1.807) is 0 Å². The van der Waals surface area contributed by atoms with Gasteiger partial charge in [-0.3, -0.25) is 0 Å². The average Bonchev–Trinajstić information content (AvgIpc) is 2.28. The highest BCUT2D eigenvalue weighted by molar-refractivity contribution is 4.63. The second kappa shape index (κ2) is 5.56. The lowest BCUT2D eigenvalue weighted by molar-refractivity contribution is 0.0281. The molecule has 0 unspecified atom stereocenters. The monoisotopic (exact) mass is 157 g/mol. The predicted octanol–water partition coefficient (Wildman–Crippen LogP) is 2.11. The zero-order valence-electron chi connectivity index (χ0n) is 7.44. The molecule has 1 aliphatic carbocycles. The lowest BCUT2D eigenvalue weighted by Crippen LogP contribution is -2.15. The summed E-state index contributed by atoms with van der Waals surface area (Å²) in [6.07, 6.45) is 8.38. The van der Waals surface area contributed by atoms with Crippen molar-refractivity contribution in [1.29, 1.82) is 0 Å². The number of hydrogen-bond acceptors (Lipinski definition) is 2. The Labute approximate surface area is 69.3 Å². The van der Waals surface area contributed by atoms with Crippen LogP contribution in [0.25, 0.3) is 0 Å². The molecule has 0 bridgehead atoms. The van der Waals surface area contributed by atoms with E-state index in [-0.39, 0.29) is 0 Å². The van der Waals surface area contributed by atoms with E-state index in [0.717, 1.165) is 12.5 Å². The van der Waals surface area contributed by atoms with Crippen molar-refractivity contribution >= 4 is 0 Å². The Bertz CT molecular complexity index is 87.6. The Kier molecular flexibility index (Phi) is 4.55. The molecule has 0 amide bonds. The normalized spacial score (nSPS) is 21.5. The fourth-order valence-corrected chi connectivity index (χ4v) is 1.73. The Balaban J connectivity index is 2.09. The zero-order chi connectivity index (χ0) is 7.94. The summed E-state index contributed by atoms with van der Waals surface area (Å²) in [6.45, 7) is 0.899. The number of hydrogen-bond donors (Lipinski definition) is 1. The average molecular weight is 157 g/mol. The molecule has 0 atom stereocenters. The molecule has 0 aliphatic heterocycles. The van der Waals surface area contributed by atoms with E-state index >= 15 is 0 Å². The second-order valence-corrected chi connectivity index (χ2v) is 3.37. The van der Waals surface area contributed by atoms with Crippen LogP contribution in [0, 0.1) is 5.92 Å². The summed E-state index contributed by atoms with van der Waals surface area (Å²) < 4.78 is 0. The van der Waals surface area contributed by atoms with E-state index in [1.807, 2.05) is 7.05 Å². The van der Waals surface area contributed by atoms with Crippen LogP contribution in [0.5, 0.6) is 0 Å². The molecule has 2 heteroatoms. The highest BCUT2D eigenvalue weighted by Gasteiger charge is 2.11. The first-order valence-electron chi connectivity index (χ1n) is 4.72. The molecule has 0 heterocycles. The van der Waals surface area contributed by atoms with Crippen LogP contribution in [-0.4, -0.2) is 13.7 Å². The Morgan fingerprint density at radius 3 is 2.36 bits per heavy atom. The maximum atomic E-state index is 5.18. The van der Waals surface area contributed by atoms with Crippen LogP contribution >= 0.6 is 0 Å². The van der Waals surface area contributed by atoms with Gasteiger partial charge in [-0.15, -0.1) is 0 Å². The van der Waals surface area contributed by atoms with Crippen molar-refractivity contribution in [2.45, 2.75) is 38.5 Å². The van der Waals surface area contributed by atoms with Crippen molar-refractivity contribution in [1.82, 2.24) is 5.48 Å². The smallest absolute Gasteiger partial charge is 0.0710 e. The lowest BCUT2D eigenvalue weighted by Gasteiger charge is -2.12. The second-order valence-electron chi connectivity index (χ2n) is 3.37. The van der Waals surface area contributed by atoms with Crippen molar-refractivity contribution in [3.63, 3.8) is 0 Å². The van der Waals surface area contributed by atoms with Gasteiger partial charge in [-0.25, -0.2) is 5.48 Å². The first kappa shape index (κ1) is 9.01. The van der Waals surface area contributed by atoms with Crippen molar-refractivity contribution < 1.29 is 4.84 Å². The van der Waals surface area contributed by atoms with Gasteiger partial charge in [0.15, 0.2) is 0 Å². The van der Waals surface area contributed by atoms with Gasteiger partial charge in [-0.05, 0) is 18.8 Å². The third kappa shape index (κ3) is 3.73. The molecule has 1 saturated carbocycles. The molecule has 1 N–H and O–H groups in total. The van der Waals surface area contributed by atoms with Crippen LogP contribution < -0.4 is 5.48 Å². The maximum absolute atomic E-state index is 5.18. The summed E-state index contributed by atoms with van der Waals surface area (Å²) >= 11 is 0. The lowest BCUT2D eigenvalue weighted by atomic mass is 10.0. The molecule has 0 aromatic heterocycles. The molecule has 11 heavy (non-hydrogen) atoms. The predicted molar refractivity (Wildman–Crippen MR) is 46.2 cm³/mol. The van der Waals surface area contributed by atoms with Crippen LogP contribution in [0.2, 0.25) is 0 Å². The fraction of sp³-hybridized carbons (Fsp3) is 1.00. The molecule has 0 aromatic carbocycles. The fourth-order valence-electron chi connectivity index (χ4n) is 1.73. The van der Waals surface area contributed by atoms with Crippen LogP contribution in [0.3, 0.4) is 0 Å². The van der Waals surface area contributed by atoms with Crippen LogP contribution in [-0.2, 0) is 4.84 Å². The largest absolute Gasteiger partial charge is 0.302 e. The van der Waals surface area contributed by atoms with Gasteiger partial charge in [0.1, 0.15) is 0 Å². The first-order valence-corrected chi connectivity index (χ1v) is 4.72. The zero-order valence-corrected chi connectivity index (χ0v) is 7.44. The Hall–Kier alpha value is -0.0800. The highest BCUT2D eigenvalue weighted by atomic mass is 16.6. The summed E-state index contributed by atoms with van der Waals surface area (Å²) in [5.74, 6) is 0.810. The van der Waals surface area contributed by atoms with E-state index < -0.39 is 0 Å². The summed E-state index contributed by atoms with van der Waals surface area (Å²) in [5.41, 5.74) is 2.74. The molecule has 0 spiro atoms. The molecular weight excluding hydrogens is 138 g/mol. The van der Waals surface area contributed by atoms with E-state index in [2.05, 4.69) is 5.48 Å². The minimum atomic E-state index is 0.810. The van der Waals surface area contributed by atoms with Crippen LogP contribution in [0.4, 0.5) is 0 Å². The van der Waals surface area contributed by atoms with Crippen molar-refractivity contribution in [2.75, 3.05) is 13.7 Å². The molecule has 0 aromatic rings. The Morgan fingerprint density at radius 1 is 1.18 bits per heavy atom. The molecular formula is C9H19NO. The Morgan fingerprint density at radius 2 is 1.82 bits per heavy atom. The summed E-state index contributed by atoms with van der Waals surface area (Å²) in [4.78, 5) is 5.18. The number of hydroxylamine groups is 1. The molecule has 0 radical (unpaired) electrons. The molecule has 1 fully saturated rings. The number of nitrogens with one attached hydrogen (secondary N) is 1. The third-order valence-electron chi connectivity index (χ3n) is 2.44.